The van der Waals surface area contributed by atoms with Crippen molar-refractivity contribution < 1.29 is 10.2 Å². The summed E-state index contributed by atoms with van der Waals surface area (Å²) in [5.41, 5.74) is 1.86. The Labute approximate surface area is 97.1 Å². The molecule has 0 atom stereocenters. The van der Waals surface area contributed by atoms with Crippen LogP contribution in [-0.4, -0.2) is 30.0 Å². The van der Waals surface area contributed by atoms with Gasteiger partial charge in [0.05, 0.1) is 13.2 Å². The van der Waals surface area contributed by atoms with Crippen molar-refractivity contribution in [1.82, 2.24) is 0 Å². The van der Waals surface area contributed by atoms with Gasteiger partial charge < -0.3 is 15.5 Å². The number of rotatable bonds is 6. The molecule has 0 fully saturated rings. The Morgan fingerprint density at radius 2 is 1.81 bits per heavy atom. The fraction of sp³-hybridized carbons (Fsp3) is 0.538. The maximum atomic E-state index is 9.19. The first-order valence-corrected chi connectivity index (χ1v) is 5.68. The zero-order valence-corrected chi connectivity index (χ0v) is 10.0. The predicted octanol–water partition coefficient (Wildman–Crippen LogP) is 1.65. The van der Waals surface area contributed by atoms with Crippen LogP contribution >= 0.6 is 0 Å². The van der Waals surface area contributed by atoms with Gasteiger partial charge in [0.1, 0.15) is 0 Å². The van der Waals surface area contributed by atoms with E-state index in [1.54, 1.807) is 0 Å². The summed E-state index contributed by atoms with van der Waals surface area (Å²) in [6.07, 6.45) is 0.970. The van der Waals surface area contributed by atoms with Gasteiger partial charge in [0.15, 0.2) is 0 Å². The lowest BCUT2D eigenvalue weighted by Gasteiger charge is -2.26. The zero-order valence-electron chi connectivity index (χ0n) is 10.0. The van der Waals surface area contributed by atoms with E-state index in [0.717, 1.165) is 12.1 Å². The minimum absolute atomic E-state index is 0.0230. The van der Waals surface area contributed by atoms with Crippen LogP contribution in [0.25, 0.3) is 0 Å². The lowest BCUT2D eigenvalue weighted by Crippen LogP contribution is -2.34. The molecule has 1 aromatic carbocycles. The van der Waals surface area contributed by atoms with Gasteiger partial charge in [-0.05, 0) is 18.1 Å². The highest BCUT2D eigenvalue weighted by molar-refractivity contribution is 5.51. The number of hydrogen-bond acceptors (Lipinski definition) is 3. The highest BCUT2D eigenvalue weighted by Gasteiger charge is 2.22. The molecule has 0 aliphatic carbocycles. The van der Waals surface area contributed by atoms with Crippen LogP contribution in [0, 0.1) is 5.41 Å². The van der Waals surface area contributed by atoms with Crippen molar-refractivity contribution in [3.8, 4) is 0 Å². The van der Waals surface area contributed by atoms with E-state index in [0.29, 0.717) is 6.54 Å². The van der Waals surface area contributed by atoms with Crippen LogP contribution in [0.4, 0.5) is 5.69 Å². The lowest BCUT2D eigenvalue weighted by molar-refractivity contribution is 0.0806. The molecule has 1 aromatic rings. The van der Waals surface area contributed by atoms with Crippen LogP contribution in [0.2, 0.25) is 0 Å². The molecule has 90 valence electrons. The lowest BCUT2D eigenvalue weighted by atomic mass is 9.93. The number of benzene rings is 1. The monoisotopic (exact) mass is 223 g/mol. The molecule has 0 amide bonds. The smallest absolute Gasteiger partial charge is 0.0523 e. The second-order valence-corrected chi connectivity index (χ2v) is 4.49. The normalized spacial score (nSPS) is 11.5. The largest absolute Gasteiger partial charge is 0.396 e. The van der Waals surface area contributed by atoms with Gasteiger partial charge >= 0.3 is 0 Å². The average molecular weight is 223 g/mol. The van der Waals surface area contributed by atoms with Gasteiger partial charge in [-0.15, -0.1) is 0 Å². The topological polar surface area (TPSA) is 52.5 Å². The van der Waals surface area contributed by atoms with Gasteiger partial charge in [0.25, 0.3) is 0 Å². The minimum atomic E-state index is -0.471. The van der Waals surface area contributed by atoms with Gasteiger partial charge in [-0.25, -0.2) is 0 Å². The highest BCUT2D eigenvalue weighted by Crippen LogP contribution is 2.19. The maximum Gasteiger partial charge on any atom is 0.0523 e. The van der Waals surface area contributed by atoms with Gasteiger partial charge in [-0.2, -0.15) is 0 Å². The third-order valence-electron chi connectivity index (χ3n) is 2.87. The van der Waals surface area contributed by atoms with Gasteiger partial charge in [-0.1, -0.05) is 32.0 Å². The van der Waals surface area contributed by atoms with E-state index in [9.17, 15) is 10.2 Å². The molecule has 3 heteroatoms. The quantitative estimate of drug-likeness (QED) is 0.687. The summed E-state index contributed by atoms with van der Waals surface area (Å²) >= 11 is 0. The first-order chi connectivity index (χ1) is 7.65. The Morgan fingerprint density at radius 3 is 2.38 bits per heavy atom. The predicted molar refractivity (Wildman–Crippen MR) is 66.6 cm³/mol. The summed E-state index contributed by atoms with van der Waals surface area (Å²) in [5, 5.41) is 21.7. The molecule has 0 unspecified atom stereocenters. The maximum absolute atomic E-state index is 9.19. The molecule has 0 heterocycles. The van der Waals surface area contributed by atoms with Crippen molar-refractivity contribution in [1.29, 1.82) is 0 Å². The summed E-state index contributed by atoms with van der Waals surface area (Å²) < 4.78 is 0. The Hall–Kier alpha value is -1.06. The summed E-state index contributed by atoms with van der Waals surface area (Å²) in [6.45, 7) is 4.49. The molecule has 0 aliphatic rings. The van der Waals surface area contributed by atoms with E-state index >= 15 is 0 Å². The highest BCUT2D eigenvalue weighted by atomic mass is 16.3. The van der Waals surface area contributed by atoms with E-state index < -0.39 is 5.41 Å². The third kappa shape index (κ3) is 3.22. The molecule has 0 saturated carbocycles. The van der Waals surface area contributed by atoms with Crippen molar-refractivity contribution in [3.63, 3.8) is 0 Å². The number of aliphatic hydroxyl groups excluding tert-OH is 2. The molecule has 3 nitrogen and oxygen atoms in total. The number of para-hydroxylation sites is 1. The molecule has 0 saturated heterocycles. The first-order valence-electron chi connectivity index (χ1n) is 5.68. The van der Waals surface area contributed by atoms with Crippen molar-refractivity contribution in [2.45, 2.75) is 20.3 Å². The number of aliphatic hydroxyl groups is 2. The molecule has 0 aromatic heterocycles. The molecule has 16 heavy (non-hydrogen) atoms. The van der Waals surface area contributed by atoms with Crippen molar-refractivity contribution in [3.05, 3.63) is 29.8 Å². The van der Waals surface area contributed by atoms with Gasteiger partial charge in [-0.3, -0.25) is 0 Å². The summed E-state index contributed by atoms with van der Waals surface area (Å²) in [6, 6.07) is 8.10. The Balaban J connectivity index is 2.67. The van der Waals surface area contributed by atoms with E-state index in [2.05, 4.69) is 18.3 Å². The number of anilines is 1. The van der Waals surface area contributed by atoms with Crippen LogP contribution in [0.1, 0.15) is 19.4 Å². The summed E-state index contributed by atoms with van der Waals surface area (Å²) in [4.78, 5) is 0. The molecule has 0 radical (unpaired) electrons. The molecule has 0 bridgehead atoms. The molecule has 0 aliphatic heterocycles. The molecule has 1 rings (SSSR count). The zero-order chi connectivity index (χ0) is 12.0. The fourth-order valence-corrected chi connectivity index (χ4v) is 1.47. The molecular formula is C13H21NO2. The van der Waals surface area contributed by atoms with Crippen LogP contribution in [0.15, 0.2) is 24.3 Å². The van der Waals surface area contributed by atoms with Crippen LogP contribution < -0.4 is 5.32 Å². The summed E-state index contributed by atoms with van der Waals surface area (Å²) in [7, 11) is 0. The molecule has 3 N–H and O–H groups in total. The second kappa shape index (κ2) is 5.87. The van der Waals surface area contributed by atoms with Crippen molar-refractivity contribution >= 4 is 5.69 Å². The Morgan fingerprint density at radius 1 is 1.19 bits per heavy atom. The standard InChI is InChI=1S/C13H21NO2/c1-3-11-6-4-5-7-12(11)14-8-13(2,9-15)10-16/h4-7,14-16H,3,8-10H2,1-2H3. The van der Waals surface area contributed by atoms with E-state index in [4.69, 9.17) is 0 Å². The minimum Gasteiger partial charge on any atom is -0.396 e. The average Bonchev–Trinajstić information content (AvgIpc) is 2.36. The SMILES string of the molecule is CCc1ccccc1NCC(C)(CO)CO. The van der Waals surface area contributed by atoms with Crippen LogP contribution in [0.3, 0.4) is 0 Å². The van der Waals surface area contributed by atoms with Crippen LogP contribution in [0.5, 0.6) is 0 Å². The van der Waals surface area contributed by atoms with Gasteiger partial charge in [0.2, 0.25) is 0 Å². The summed E-state index contributed by atoms with van der Waals surface area (Å²) in [5.74, 6) is 0. The van der Waals surface area contributed by atoms with Gasteiger partial charge in [0, 0.05) is 17.6 Å². The van der Waals surface area contributed by atoms with E-state index in [1.807, 2.05) is 25.1 Å². The third-order valence-corrected chi connectivity index (χ3v) is 2.87. The van der Waals surface area contributed by atoms with Crippen molar-refractivity contribution in [2.24, 2.45) is 5.41 Å². The van der Waals surface area contributed by atoms with Crippen molar-refractivity contribution in [2.75, 3.05) is 25.1 Å². The Kier molecular flexibility index (Phi) is 4.77. The van der Waals surface area contributed by atoms with E-state index in [-0.39, 0.29) is 13.2 Å². The van der Waals surface area contributed by atoms with Crippen LogP contribution in [-0.2, 0) is 6.42 Å². The number of hydrogen-bond donors (Lipinski definition) is 3. The Bertz CT molecular complexity index is 321. The fourth-order valence-electron chi connectivity index (χ4n) is 1.47. The van der Waals surface area contributed by atoms with E-state index in [1.165, 1.54) is 5.56 Å². The number of nitrogens with one attached hydrogen (secondary N) is 1. The molecule has 0 spiro atoms. The molecular weight excluding hydrogens is 202 g/mol. The first kappa shape index (κ1) is 13.0. The second-order valence-electron chi connectivity index (χ2n) is 4.49. The number of aryl methyl sites for hydroxylation is 1.